The first-order chi connectivity index (χ1) is 10.3. The summed E-state index contributed by atoms with van der Waals surface area (Å²) in [6.07, 6.45) is -5.49. The van der Waals surface area contributed by atoms with E-state index >= 15 is 0 Å². The molecule has 1 unspecified atom stereocenters. The Bertz CT molecular complexity index is 655. The Hall–Kier alpha value is -1.38. The molecule has 0 aliphatic rings. The highest BCUT2D eigenvalue weighted by Gasteiger charge is 2.30. The van der Waals surface area contributed by atoms with Crippen molar-refractivity contribution in [2.45, 2.75) is 12.3 Å². The molecule has 0 aliphatic carbocycles. The van der Waals surface area contributed by atoms with Crippen molar-refractivity contribution in [1.29, 1.82) is 0 Å². The molecule has 8 heteroatoms. The van der Waals surface area contributed by atoms with E-state index in [2.05, 4.69) is 21.2 Å². The van der Waals surface area contributed by atoms with Gasteiger partial charge in [0, 0.05) is 16.4 Å². The van der Waals surface area contributed by atoms with Gasteiger partial charge in [-0.2, -0.15) is 13.2 Å². The molecule has 1 atom stereocenters. The van der Waals surface area contributed by atoms with Gasteiger partial charge in [-0.25, -0.2) is 0 Å². The van der Waals surface area contributed by atoms with Crippen molar-refractivity contribution in [2.75, 3.05) is 6.54 Å². The average molecular weight is 394 g/mol. The largest absolute Gasteiger partial charge is 0.416 e. The smallest absolute Gasteiger partial charge is 0.387 e. The van der Waals surface area contributed by atoms with Gasteiger partial charge in [-0.05, 0) is 39.7 Å². The van der Waals surface area contributed by atoms with E-state index in [1.54, 1.807) is 11.4 Å². The molecule has 2 rings (SSSR count). The minimum atomic E-state index is -4.41. The molecule has 0 saturated carbocycles. The molecule has 1 aromatic heterocycles. The molecular formula is C14H11BrF3NO2S. The number of thiophene rings is 1. The molecular weight excluding hydrogens is 383 g/mol. The van der Waals surface area contributed by atoms with Crippen molar-refractivity contribution in [3.05, 3.63) is 56.2 Å². The Morgan fingerprint density at radius 1 is 1.32 bits per heavy atom. The van der Waals surface area contributed by atoms with Crippen LogP contribution in [0.1, 0.15) is 26.9 Å². The van der Waals surface area contributed by atoms with Crippen LogP contribution in [-0.2, 0) is 6.18 Å². The number of amides is 1. The fourth-order valence-electron chi connectivity index (χ4n) is 1.72. The van der Waals surface area contributed by atoms with Crippen molar-refractivity contribution in [1.82, 2.24) is 5.32 Å². The number of aliphatic hydroxyl groups is 1. The number of hydrogen-bond donors (Lipinski definition) is 2. The molecule has 22 heavy (non-hydrogen) atoms. The highest BCUT2D eigenvalue weighted by atomic mass is 79.9. The highest BCUT2D eigenvalue weighted by Crippen LogP contribution is 2.29. The highest BCUT2D eigenvalue weighted by molar-refractivity contribution is 9.10. The fourth-order valence-corrected chi connectivity index (χ4v) is 3.06. The summed E-state index contributed by atoms with van der Waals surface area (Å²) in [4.78, 5) is 12.3. The van der Waals surface area contributed by atoms with Gasteiger partial charge in [0.1, 0.15) is 0 Å². The number of halogens is 4. The summed E-state index contributed by atoms with van der Waals surface area (Å²) in [6, 6.07) is 5.83. The van der Waals surface area contributed by atoms with Gasteiger partial charge in [0.2, 0.25) is 0 Å². The first kappa shape index (κ1) is 17.0. The molecule has 0 fully saturated rings. The molecule has 1 heterocycles. The average Bonchev–Trinajstić information content (AvgIpc) is 2.90. The Morgan fingerprint density at radius 3 is 2.45 bits per heavy atom. The zero-order valence-corrected chi connectivity index (χ0v) is 13.4. The normalized spacial score (nSPS) is 13.0. The van der Waals surface area contributed by atoms with Crippen LogP contribution in [0.3, 0.4) is 0 Å². The lowest BCUT2D eigenvalue weighted by atomic mass is 10.1. The molecule has 1 aromatic carbocycles. The Labute approximate surface area is 136 Å². The zero-order valence-electron chi connectivity index (χ0n) is 11.0. The molecule has 0 aliphatic heterocycles. The lowest BCUT2D eigenvalue weighted by molar-refractivity contribution is -0.137. The van der Waals surface area contributed by atoms with Crippen LogP contribution in [0, 0.1) is 0 Å². The van der Waals surface area contributed by atoms with Crippen LogP contribution in [0.5, 0.6) is 0 Å². The van der Waals surface area contributed by atoms with E-state index in [-0.39, 0.29) is 12.5 Å². The molecule has 2 aromatic rings. The fraction of sp³-hybridized carbons (Fsp3) is 0.214. The second-order valence-electron chi connectivity index (χ2n) is 4.47. The van der Waals surface area contributed by atoms with Crippen LogP contribution < -0.4 is 5.32 Å². The Morgan fingerprint density at radius 2 is 1.95 bits per heavy atom. The number of carbonyl (C=O) groups is 1. The summed E-state index contributed by atoms with van der Waals surface area (Å²) in [5, 5.41) is 14.2. The zero-order chi connectivity index (χ0) is 16.3. The van der Waals surface area contributed by atoms with Crippen molar-refractivity contribution in [3.63, 3.8) is 0 Å². The quantitative estimate of drug-likeness (QED) is 0.824. The number of aliphatic hydroxyl groups excluding tert-OH is 1. The van der Waals surface area contributed by atoms with Gasteiger partial charge < -0.3 is 10.4 Å². The molecule has 1 amide bonds. The molecule has 3 nitrogen and oxygen atoms in total. The van der Waals surface area contributed by atoms with E-state index in [1.165, 1.54) is 23.5 Å². The van der Waals surface area contributed by atoms with Gasteiger partial charge >= 0.3 is 6.18 Å². The molecule has 0 bridgehead atoms. The number of benzene rings is 1. The number of nitrogens with one attached hydrogen (secondary N) is 1. The van der Waals surface area contributed by atoms with Crippen molar-refractivity contribution >= 4 is 33.2 Å². The predicted octanol–water partition coefficient (Wildman–Crippen LogP) is 3.99. The van der Waals surface area contributed by atoms with E-state index in [0.29, 0.717) is 10.4 Å². The van der Waals surface area contributed by atoms with Crippen molar-refractivity contribution in [2.24, 2.45) is 0 Å². The summed E-state index contributed by atoms with van der Waals surface area (Å²) < 4.78 is 38.1. The van der Waals surface area contributed by atoms with Gasteiger partial charge in [-0.3, -0.25) is 4.79 Å². The summed E-state index contributed by atoms with van der Waals surface area (Å²) in [6.45, 7) is -0.0836. The third-order valence-corrected chi connectivity index (χ3v) is 4.56. The van der Waals surface area contributed by atoms with Crippen LogP contribution in [0.4, 0.5) is 13.2 Å². The molecule has 0 saturated heterocycles. The number of carbonyl (C=O) groups excluding carboxylic acids is 1. The van der Waals surface area contributed by atoms with Crippen molar-refractivity contribution in [3.8, 4) is 0 Å². The standard InChI is InChI=1S/C14H11BrF3NO2S/c15-10-5-12(22-7-10)13(21)19-6-11(20)8-1-3-9(4-2-8)14(16,17)18/h1-5,7,11,20H,6H2,(H,19,21). The molecule has 0 spiro atoms. The van der Waals surface area contributed by atoms with Crippen LogP contribution in [0.25, 0.3) is 0 Å². The second-order valence-corrected chi connectivity index (χ2v) is 6.30. The van der Waals surface area contributed by atoms with Gasteiger partial charge in [-0.15, -0.1) is 11.3 Å². The monoisotopic (exact) mass is 393 g/mol. The third kappa shape index (κ3) is 4.31. The van der Waals surface area contributed by atoms with E-state index in [1.807, 2.05) is 0 Å². The van der Waals surface area contributed by atoms with E-state index < -0.39 is 17.8 Å². The first-order valence-corrected chi connectivity index (χ1v) is 7.82. The number of hydrogen-bond acceptors (Lipinski definition) is 3. The van der Waals surface area contributed by atoms with Crippen LogP contribution in [0.2, 0.25) is 0 Å². The van der Waals surface area contributed by atoms with Gasteiger partial charge in [0.25, 0.3) is 5.91 Å². The molecule has 2 N–H and O–H groups in total. The summed E-state index contributed by atoms with van der Waals surface area (Å²) in [5.74, 6) is -0.346. The second kappa shape index (κ2) is 6.80. The Balaban J connectivity index is 1.95. The summed E-state index contributed by atoms with van der Waals surface area (Å²) in [5.41, 5.74) is -0.475. The molecule has 118 valence electrons. The van der Waals surface area contributed by atoms with Gasteiger partial charge in [0.05, 0.1) is 16.5 Å². The maximum Gasteiger partial charge on any atom is 0.416 e. The third-order valence-electron chi connectivity index (χ3n) is 2.87. The maximum atomic E-state index is 12.4. The number of rotatable bonds is 4. The van der Waals surface area contributed by atoms with E-state index in [9.17, 15) is 23.1 Å². The summed E-state index contributed by atoms with van der Waals surface area (Å²) >= 11 is 4.47. The van der Waals surface area contributed by atoms with E-state index in [4.69, 9.17) is 0 Å². The lowest BCUT2D eigenvalue weighted by Gasteiger charge is -2.13. The Kier molecular flexibility index (Phi) is 5.25. The minimum absolute atomic E-state index is 0.0836. The maximum absolute atomic E-state index is 12.4. The minimum Gasteiger partial charge on any atom is -0.387 e. The number of alkyl halides is 3. The van der Waals surface area contributed by atoms with Gasteiger partial charge in [0.15, 0.2) is 0 Å². The topological polar surface area (TPSA) is 49.3 Å². The molecule has 0 radical (unpaired) electrons. The predicted molar refractivity (Wildman–Crippen MR) is 80.8 cm³/mol. The van der Waals surface area contributed by atoms with Crippen LogP contribution in [-0.4, -0.2) is 17.6 Å². The van der Waals surface area contributed by atoms with E-state index in [0.717, 1.165) is 16.6 Å². The van der Waals surface area contributed by atoms with Crippen LogP contribution in [0.15, 0.2) is 40.2 Å². The summed E-state index contributed by atoms with van der Waals surface area (Å²) in [7, 11) is 0. The first-order valence-electron chi connectivity index (χ1n) is 6.15. The van der Waals surface area contributed by atoms with Gasteiger partial charge in [-0.1, -0.05) is 12.1 Å². The van der Waals surface area contributed by atoms with Crippen LogP contribution >= 0.6 is 27.3 Å². The SMILES string of the molecule is O=C(NCC(O)c1ccc(C(F)(F)F)cc1)c1cc(Br)cs1. The lowest BCUT2D eigenvalue weighted by Crippen LogP contribution is -2.27. The van der Waals surface area contributed by atoms with Crippen molar-refractivity contribution < 1.29 is 23.1 Å².